The van der Waals surface area contributed by atoms with Crippen LogP contribution >= 0.6 is 11.6 Å². The van der Waals surface area contributed by atoms with E-state index in [1.54, 1.807) is 0 Å². The fourth-order valence-corrected chi connectivity index (χ4v) is 2.66. The first-order valence-electron chi connectivity index (χ1n) is 5.31. The van der Waals surface area contributed by atoms with Crippen LogP contribution in [0.1, 0.15) is 0 Å². The quantitative estimate of drug-likeness (QED) is 0.614. The topological polar surface area (TPSA) is 81.4 Å². The van der Waals surface area contributed by atoms with E-state index in [0.717, 1.165) is 6.07 Å². The second-order valence-electron chi connectivity index (χ2n) is 3.75. The van der Waals surface area contributed by atoms with Crippen molar-refractivity contribution >= 4 is 27.3 Å². The van der Waals surface area contributed by atoms with Gasteiger partial charge in [0.05, 0.1) is 12.3 Å². The number of sulfonamides is 1. The molecule has 0 spiro atoms. The van der Waals surface area contributed by atoms with Gasteiger partial charge in [-0.1, -0.05) is 11.6 Å². The average Bonchev–Trinajstić information content (AvgIpc) is 2.30. The van der Waals surface area contributed by atoms with Gasteiger partial charge in [0.1, 0.15) is 11.5 Å². The van der Waals surface area contributed by atoms with E-state index < -0.39 is 29.4 Å². The van der Waals surface area contributed by atoms with Gasteiger partial charge in [0.25, 0.3) is 0 Å². The van der Waals surface area contributed by atoms with E-state index in [-0.39, 0.29) is 22.2 Å². The summed E-state index contributed by atoms with van der Waals surface area (Å²) in [5.41, 5.74) is 5.49. The van der Waals surface area contributed by atoms with Gasteiger partial charge in [0.2, 0.25) is 10.0 Å². The molecule has 0 aromatic heterocycles. The Morgan fingerprint density at radius 2 is 2.00 bits per heavy atom. The Balaban J connectivity index is 2.56. The maximum atomic E-state index is 11.8. The maximum Gasteiger partial charge on any atom is 0.411 e. The largest absolute Gasteiger partial charge is 0.411 e. The predicted octanol–water partition coefficient (Wildman–Crippen LogP) is 1.78. The number of ether oxygens (including phenoxy) is 1. The molecular formula is C10H12ClF3N2O3S. The molecule has 0 radical (unpaired) electrons. The van der Waals surface area contributed by atoms with Crippen LogP contribution in [0.25, 0.3) is 0 Å². The summed E-state index contributed by atoms with van der Waals surface area (Å²) in [7, 11) is -3.95. The lowest BCUT2D eigenvalue weighted by Crippen LogP contribution is -2.29. The lowest BCUT2D eigenvalue weighted by molar-refractivity contribution is -0.173. The summed E-state index contributed by atoms with van der Waals surface area (Å²) in [5.74, 6) is 0. The molecule has 1 rings (SSSR count). The van der Waals surface area contributed by atoms with Crippen LogP contribution in [0.15, 0.2) is 23.1 Å². The van der Waals surface area contributed by atoms with Crippen LogP contribution in [0.3, 0.4) is 0 Å². The number of hydrogen-bond acceptors (Lipinski definition) is 4. The summed E-state index contributed by atoms with van der Waals surface area (Å²) in [6.45, 7) is -2.17. The number of rotatable bonds is 6. The molecule has 0 saturated heterocycles. The van der Waals surface area contributed by atoms with Gasteiger partial charge in [0.15, 0.2) is 0 Å². The third-order valence-electron chi connectivity index (χ3n) is 2.07. The summed E-state index contributed by atoms with van der Waals surface area (Å²) in [5, 5.41) is 0.174. The van der Waals surface area contributed by atoms with Crippen molar-refractivity contribution < 1.29 is 26.3 Å². The first-order valence-corrected chi connectivity index (χ1v) is 7.17. The first kappa shape index (κ1) is 17.0. The molecule has 5 nitrogen and oxygen atoms in total. The zero-order valence-corrected chi connectivity index (χ0v) is 11.6. The number of halogens is 4. The van der Waals surface area contributed by atoms with Crippen molar-refractivity contribution in [1.29, 1.82) is 0 Å². The summed E-state index contributed by atoms with van der Waals surface area (Å²) >= 11 is 5.66. The molecule has 0 aliphatic rings. The summed E-state index contributed by atoms with van der Waals surface area (Å²) in [4.78, 5) is -0.235. The van der Waals surface area contributed by atoms with Crippen LogP contribution < -0.4 is 10.5 Å². The van der Waals surface area contributed by atoms with Crippen molar-refractivity contribution in [1.82, 2.24) is 4.72 Å². The third kappa shape index (κ3) is 5.53. The summed E-state index contributed by atoms with van der Waals surface area (Å²) in [6, 6.07) is 3.88. The van der Waals surface area contributed by atoms with E-state index in [9.17, 15) is 21.6 Å². The van der Waals surface area contributed by atoms with Gasteiger partial charge in [-0.15, -0.1) is 0 Å². The third-order valence-corrected chi connectivity index (χ3v) is 3.82. The summed E-state index contributed by atoms with van der Waals surface area (Å²) < 4.78 is 65.4. The van der Waals surface area contributed by atoms with Gasteiger partial charge in [-0.2, -0.15) is 13.2 Å². The maximum absolute atomic E-state index is 11.8. The predicted molar refractivity (Wildman–Crippen MR) is 67.9 cm³/mol. The van der Waals surface area contributed by atoms with Crippen LogP contribution in [-0.2, 0) is 14.8 Å². The molecule has 1 aromatic rings. The highest BCUT2D eigenvalue weighted by Gasteiger charge is 2.27. The minimum Gasteiger partial charge on any atom is -0.398 e. The minimum atomic E-state index is -4.45. The molecular weight excluding hydrogens is 321 g/mol. The smallest absolute Gasteiger partial charge is 0.398 e. The Kier molecular flexibility index (Phi) is 5.63. The van der Waals surface area contributed by atoms with Crippen LogP contribution in [0, 0.1) is 0 Å². The van der Waals surface area contributed by atoms with Crippen molar-refractivity contribution in [3.05, 3.63) is 23.2 Å². The Morgan fingerprint density at radius 1 is 1.35 bits per heavy atom. The monoisotopic (exact) mass is 332 g/mol. The highest BCUT2D eigenvalue weighted by atomic mass is 35.5. The van der Waals surface area contributed by atoms with Crippen molar-refractivity contribution in [3.8, 4) is 0 Å². The molecule has 3 N–H and O–H groups in total. The molecule has 20 heavy (non-hydrogen) atoms. The lowest BCUT2D eigenvalue weighted by Gasteiger charge is -2.10. The molecule has 0 unspecified atom stereocenters. The summed E-state index contributed by atoms with van der Waals surface area (Å²) in [6.07, 6.45) is -4.45. The molecule has 1 aromatic carbocycles. The van der Waals surface area contributed by atoms with E-state index in [2.05, 4.69) is 9.46 Å². The SMILES string of the molecule is Nc1ccc(Cl)cc1S(=O)(=O)NCCOCC(F)(F)F. The van der Waals surface area contributed by atoms with E-state index in [1.165, 1.54) is 12.1 Å². The van der Waals surface area contributed by atoms with Crippen molar-refractivity contribution in [2.75, 3.05) is 25.5 Å². The van der Waals surface area contributed by atoms with E-state index in [0.29, 0.717) is 0 Å². The number of anilines is 1. The molecule has 0 fully saturated rings. The second-order valence-corrected chi connectivity index (χ2v) is 5.92. The van der Waals surface area contributed by atoms with Gasteiger partial charge >= 0.3 is 6.18 Å². The van der Waals surface area contributed by atoms with Crippen LogP contribution in [0.5, 0.6) is 0 Å². The fraction of sp³-hybridized carbons (Fsp3) is 0.400. The molecule has 0 amide bonds. The number of benzene rings is 1. The number of nitrogens with two attached hydrogens (primary N) is 1. The Bertz CT molecular complexity index is 563. The van der Waals surface area contributed by atoms with E-state index >= 15 is 0 Å². The average molecular weight is 333 g/mol. The van der Waals surface area contributed by atoms with Crippen molar-refractivity contribution in [2.45, 2.75) is 11.1 Å². The van der Waals surface area contributed by atoms with Crippen molar-refractivity contribution in [2.24, 2.45) is 0 Å². The van der Waals surface area contributed by atoms with Gasteiger partial charge < -0.3 is 10.5 Å². The van der Waals surface area contributed by atoms with Gasteiger partial charge in [-0.3, -0.25) is 0 Å². The molecule has 0 aliphatic heterocycles. The molecule has 114 valence electrons. The van der Waals surface area contributed by atoms with Crippen molar-refractivity contribution in [3.63, 3.8) is 0 Å². The van der Waals surface area contributed by atoms with E-state index in [1.807, 2.05) is 0 Å². The number of nitrogens with one attached hydrogen (secondary N) is 1. The number of hydrogen-bond donors (Lipinski definition) is 2. The molecule has 0 heterocycles. The zero-order chi connectivity index (χ0) is 15.4. The molecule has 0 aliphatic carbocycles. The Morgan fingerprint density at radius 3 is 2.60 bits per heavy atom. The Hall–Kier alpha value is -1.03. The van der Waals surface area contributed by atoms with E-state index in [4.69, 9.17) is 17.3 Å². The fourth-order valence-electron chi connectivity index (χ4n) is 1.25. The number of alkyl halides is 3. The van der Waals surface area contributed by atoms with Gasteiger partial charge in [0, 0.05) is 11.6 Å². The molecule has 0 atom stereocenters. The Labute approximate surface area is 118 Å². The molecule has 0 bridgehead atoms. The van der Waals surface area contributed by atoms with Crippen LogP contribution in [0.4, 0.5) is 18.9 Å². The number of nitrogen functional groups attached to an aromatic ring is 1. The first-order chi connectivity index (χ1) is 9.12. The minimum absolute atomic E-state index is 0.0156. The van der Waals surface area contributed by atoms with Crippen LogP contribution in [-0.4, -0.2) is 34.4 Å². The zero-order valence-electron chi connectivity index (χ0n) is 10.1. The standard InChI is InChI=1S/C10H12ClF3N2O3S/c11-7-1-2-8(15)9(5-7)20(17,18)16-3-4-19-6-10(12,13)14/h1-2,5,16H,3-4,6,15H2. The highest BCUT2D eigenvalue weighted by molar-refractivity contribution is 7.89. The molecule has 0 saturated carbocycles. The van der Waals surface area contributed by atoms with Gasteiger partial charge in [-0.05, 0) is 18.2 Å². The molecule has 10 heteroatoms. The normalized spacial score (nSPS) is 12.6. The highest BCUT2D eigenvalue weighted by Crippen LogP contribution is 2.22. The lowest BCUT2D eigenvalue weighted by atomic mass is 10.3. The van der Waals surface area contributed by atoms with Crippen LogP contribution in [0.2, 0.25) is 5.02 Å². The van der Waals surface area contributed by atoms with Gasteiger partial charge in [-0.25, -0.2) is 13.1 Å². The second kappa shape index (κ2) is 6.61.